The van der Waals surface area contributed by atoms with E-state index in [9.17, 15) is 49.4 Å². The predicted molar refractivity (Wildman–Crippen MR) is 63.4 cm³/mol. The molecule has 15 heteroatoms. The van der Waals surface area contributed by atoms with Crippen molar-refractivity contribution in [1.29, 1.82) is 0 Å². The molecule has 1 N–H and O–H groups in total. The molecule has 0 spiro atoms. The maximum Gasteiger partial charge on any atom is 0.455 e. The normalized spacial score (nSPS) is 12.6. The van der Waals surface area contributed by atoms with Crippen LogP contribution in [0.2, 0.25) is 0 Å². The molecule has 153 valence electrons. The van der Waals surface area contributed by atoms with Gasteiger partial charge in [-0.05, 0) is 12.1 Å². The van der Waals surface area contributed by atoms with E-state index in [2.05, 4.69) is 10.1 Å². The number of aromatic hydroxyl groups is 1. The predicted octanol–water partition coefficient (Wildman–Crippen LogP) is 3.75. The molecule has 0 aliphatic rings. The molecule has 0 saturated carbocycles. The van der Waals surface area contributed by atoms with E-state index in [4.69, 9.17) is 0 Å². The Kier molecular flexibility index (Phi) is 5.93. The Morgan fingerprint density at radius 3 is 2.00 bits per heavy atom. The number of carbonyl (C=O) groups is 1. The van der Waals surface area contributed by atoms with Crippen molar-refractivity contribution in [1.82, 2.24) is 14.8 Å². The third-order valence-corrected chi connectivity index (χ3v) is 2.89. The maximum absolute atomic E-state index is 12.9. The fourth-order valence-electron chi connectivity index (χ4n) is 1.84. The Morgan fingerprint density at radius 1 is 1.00 bits per heavy atom. The molecule has 2 heterocycles. The summed E-state index contributed by atoms with van der Waals surface area (Å²) in [6, 6.07) is 0.776. The summed E-state index contributed by atoms with van der Waals surface area (Å²) < 4.78 is 114. The Hall–Kier alpha value is -2.28. The zero-order chi connectivity index (χ0) is 20.1. The van der Waals surface area contributed by atoms with E-state index in [-0.39, 0.29) is 27.8 Å². The summed E-state index contributed by atoms with van der Waals surface area (Å²) in [5.41, 5.74) is -7.13. The number of halogens is 9. The molecule has 2 rings (SSSR count). The van der Waals surface area contributed by atoms with Crippen LogP contribution in [0.1, 0.15) is 21.7 Å². The second-order valence-corrected chi connectivity index (χ2v) is 4.68. The molecule has 1 radical (unpaired) electrons. The quantitative estimate of drug-likeness (QED) is 0.424. The zero-order valence-electron chi connectivity index (χ0n) is 12.1. The van der Waals surface area contributed by atoms with E-state index in [0.717, 1.165) is 0 Å². The minimum atomic E-state index is -5.79. The summed E-state index contributed by atoms with van der Waals surface area (Å²) >= 11 is 0. The van der Waals surface area contributed by atoms with E-state index in [1.165, 1.54) is 0 Å². The number of Topliss-reactive ketones (excluding diaryl/α,β-unsaturated/α-hetero) is 1. The second-order valence-electron chi connectivity index (χ2n) is 4.68. The smallest absolute Gasteiger partial charge is 0.455 e. The van der Waals surface area contributed by atoms with Crippen LogP contribution in [0.25, 0.3) is 5.69 Å². The van der Waals surface area contributed by atoms with E-state index < -0.39 is 52.8 Å². The molecule has 0 unspecified atom stereocenters. The first-order valence-electron chi connectivity index (χ1n) is 6.18. The van der Waals surface area contributed by atoms with Crippen LogP contribution >= 0.6 is 0 Å². The average molecular weight is 457 g/mol. The van der Waals surface area contributed by atoms with Crippen LogP contribution in [-0.4, -0.2) is 31.8 Å². The topological polar surface area (TPSA) is 68.0 Å². The molecule has 0 aromatic carbocycles. The second kappa shape index (κ2) is 7.03. The molecule has 0 aliphatic heterocycles. The Labute approximate surface area is 153 Å². The van der Waals surface area contributed by atoms with Gasteiger partial charge >= 0.3 is 18.5 Å². The molecular formula is C12H4CuF9N3O2. The van der Waals surface area contributed by atoms with Crippen molar-refractivity contribution in [2.24, 2.45) is 0 Å². The number of alkyl halides is 9. The number of hydrogen-bond acceptors (Lipinski definition) is 4. The summed E-state index contributed by atoms with van der Waals surface area (Å²) in [6.45, 7) is 0. The van der Waals surface area contributed by atoms with Crippen LogP contribution in [0.3, 0.4) is 0 Å². The van der Waals surface area contributed by atoms with Crippen LogP contribution < -0.4 is 0 Å². The van der Waals surface area contributed by atoms with E-state index >= 15 is 0 Å². The first-order valence-corrected chi connectivity index (χ1v) is 6.18. The van der Waals surface area contributed by atoms with Gasteiger partial charge < -0.3 is 5.11 Å². The van der Waals surface area contributed by atoms with E-state index in [0.29, 0.717) is 12.3 Å². The van der Waals surface area contributed by atoms with Gasteiger partial charge in [0.2, 0.25) is 5.88 Å². The number of carbonyl (C=O) groups excluding carboxylic acids is 1. The van der Waals surface area contributed by atoms with Gasteiger partial charge in [-0.15, -0.1) is 0 Å². The van der Waals surface area contributed by atoms with Gasteiger partial charge in [0, 0.05) is 23.3 Å². The molecule has 27 heavy (non-hydrogen) atoms. The molecule has 0 aliphatic carbocycles. The minimum absolute atomic E-state index is 0. The van der Waals surface area contributed by atoms with Gasteiger partial charge in [0.15, 0.2) is 5.69 Å². The van der Waals surface area contributed by atoms with Crippen LogP contribution in [0.15, 0.2) is 18.3 Å². The molecule has 0 atom stereocenters. The van der Waals surface area contributed by atoms with Crippen LogP contribution in [0, 0.1) is 0 Å². The Balaban J connectivity index is 0.00000364. The van der Waals surface area contributed by atoms with E-state index in [1.807, 2.05) is 0 Å². The molecule has 2 aromatic rings. The average Bonchev–Trinajstić information content (AvgIpc) is 2.82. The minimum Gasteiger partial charge on any atom is -0.493 e. The summed E-state index contributed by atoms with van der Waals surface area (Å²) in [6.07, 6.45) is -15.9. The summed E-state index contributed by atoms with van der Waals surface area (Å²) in [5.74, 6) is -4.97. The number of rotatable bonds is 2. The van der Waals surface area contributed by atoms with Gasteiger partial charge in [-0.2, -0.15) is 49.3 Å². The van der Waals surface area contributed by atoms with Gasteiger partial charge in [-0.1, -0.05) is 0 Å². The first-order chi connectivity index (χ1) is 11.6. The Morgan fingerprint density at radius 2 is 1.56 bits per heavy atom. The van der Waals surface area contributed by atoms with Crippen molar-refractivity contribution in [2.45, 2.75) is 18.5 Å². The fourth-order valence-corrected chi connectivity index (χ4v) is 1.84. The number of nitrogens with zero attached hydrogens (tertiary/aromatic N) is 3. The SMILES string of the molecule is O=C(c1c(C(F)(F)F)nn(-c2ccnc(C(F)(F)F)c2)c1O)C(F)(F)F.[Cu]. The molecule has 0 saturated heterocycles. The number of ketones is 1. The number of hydrogen-bond donors (Lipinski definition) is 1. The number of pyridine rings is 1. The van der Waals surface area contributed by atoms with Gasteiger partial charge in [0.05, 0.1) is 5.69 Å². The van der Waals surface area contributed by atoms with E-state index in [1.54, 1.807) is 0 Å². The third kappa shape index (κ3) is 4.53. The van der Waals surface area contributed by atoms with Crippen molar-refractivity contribution in [2.75, 3.05) is 0 Å². The third-order valence-electron chi connectivity index (χ3n) is 2.89. The van der Waals surface area contributed by atoms with Gasteiger partial charge in [-0.3, -0.25) is 9.78 Å². The van der Waals surface area contributed by atoms with Crippen LogP contribution in [0.4, 0.5) is 39.5 Å². The van der Waals surface area contributed by atoms with Crippen molar-refractivity contribution in [3.8, 4) is 11.6 Å². The van der Waals surface area contributed by atoms with Gasteiger partial charge in [0.25, 0.3) is 5.78 Å². The van der Waals surface area contributed by atoms with Crippen molar-refractivity contribution in [3.05, 3.63) is 35.3 Å². The monoisotopic (exact) mass is 456 g/mol. The fraction of sp³-hybridized carbons (Fsp3) is 0.250. The van der Waals surface area contributed by atoms with Crippen molar-refractivity contribution in [3.63, 3.8) is 0 Å². The van der Waals surface area contributed by atoms with Crippen LogP contribution in [0.5, 0.6) is 5.88 Å². The molecular weight excluding hydrogens is 453 g/mol. The summed E-state index contributed by atoms with van der Waals surface area (Å²) in [4.78, 5) is 14.1. The molecule has 0 fully saturated rings. The summed E-state index contributed by atoms with van der Waals surface area (Å²) in [7, 11) is 0. The van der Waals surface area contributed by atoms with Gasteiger partial charge in [0.1, 0.15) is 11.3 Å². The largest absolute Gasteiger partial charge is 0.493 e. The van der Waals surface area contributed by atoms with Crippen molar-refractivity contribution < 1.29 is 66.5 Å². The first kappa shape index (κ1) is 22.8. The van der Waals surface area contributed by atoms with Crippen LogP contribution in [-0.2, 0) is 29.4 Å². The zero-order valence-corrected chi connectivity index (χ0v) is 13.1. The molecule has 2 aromatic heterocycles. The maximum atomic E-state index is 12.9. The summed E-state index contributed by atoms with van der Waals surface area (Å²) in [5, 5.41) is 12.3. The molecule has 0 bridgehead atoms. The Bertz CT molecular complexity index is 855. The molecule has 5 nitrogen and oxygen atoms in total. The molecule has 0 amide bonds. The van der Waals surface area contributed by atoms with Gasteiger partial charge in [-0.25, -0.2) is 0 Å². The van der Waals surface area contributed by atoms with Crippen molar-refractivity contribution >= 4 is 5.78 Å². The number of aromatic nitrogens is 3. The standard InChI is InChI=1S/C12H4F9N3O2.Cu/c13-10(14,15)5-3-4(1-2-22-5)24-9(26)6(8(25)12(19,20)21)7(23-24)11(16,17)18;/h1-3,26H;.